The summed E-state index contributed by atoms with van der Waals surface area (Å²) in [7, 11) is -8.16. The Labute approximate surface area is 302 Å². The number of rotatable bonds is 16. The third-order valence-corrected chi connectivity index (χ3v) is 11.3. The Morgan fingerprint density at radius 2 is 1.44 bits per heavy atom. The van der Waals surface area contributed by atoms with Crippen molar-refractivity contribution in [2.75, 3.05) is 42.3 Å². The van der Waals surface area contributed by atoms with E-state index in [1.807, 2.05) is 71.5 Å². The summed E-state index contributed by atoms with van der Waals surface area (Å²) < 4.78 is 53.5. The smallest absolute Gasteiger partial charge is 0.264 e. The SMILES string of the molecule is CS(=O)(=O)c1cc(S(=O)(=O)NC(=O)c2ccc(NCCNCc3ccccc3-c3ccc(Cl)cc3)cc2)ccc1NCCSc1ccccc1. The summed E-state index contributed by atoms with van der Waals surface area (Å²) in [6.45, 7) is 2.41. The van der Waals surface area contributed by atoms with Crippen molar-refractivity contribution in [2.45, 2.75) is 21.2 Å². The zero-order valence-electron chi connectivity index (χ0n) is 27.2. The van der Waals surface area contributed by atoms with Crippen LogP contribution in [0, 0.1) is 0 Å². The molecule has 0 atom stereocenters. The molecule has 0 fully saturated rings. The zero-order chi connectivity index (χ0) is 35.6. The van der Waals surface area contributed by atoms with E-state index in [1.54, 1.807) is 23.9 Å². The third-order valence-electron chi connectivity index (χ3n) is 7.59. The van der Waals surface area contributed by atoms with Crippen molar-refractivity contribution in [3.05, 3.63) is 137 Å². The van der Waals surface area contributed by atoms with Crippen molar-refractivity contribution >= 4 is 60.5 Å². The van der Waals surface area contributed by atoms with E-state index < -0.39 is 25.8 Å². The zero-order valence-corrected chi connectivity index (χ0v) is 30.4. The number of benzene rings is 5. The molecule has 0 aliphatic carbocycles. The maximum absolute atomic E-state index is 13.1. The fraction of sp³-hybridized carbons (Fsp3) is 0.162. The van der Waals surface area contributed by atoms with Gasteiger partial charge in [0.25, 0.3) is 15.9 Å². The molecule has 0 spiro atoms. The number of anilines is 2. The lowest BCUT2D eigenvalue weighted by molar-refractivity contribution is 0.0981. The molecular weight excluding hydrogens is 712 g/mol. The molecule has 0 aliphatic heterocycles. The van der Waals surface area contributed by atoms with Crippen LogP contribution in [-0.2, 0) is 26.4 Å². The van der Waals surface area contributed by atoms with E-state index >= 15 is 0 Å². The molecule has 0 saturated heterocycles. The highest BCUT2D eigenvalue weighted by Gasteiger charge is 2.23. The van der Waals surface area contributed by atoms with E-state index in [9.17, 15) is 21.6 Å². The molecule has 0 heterocycles. The Hall–Kier alpha value is -4.33. The quantitative estimate of drug-likeness (QED) is 0.0626. The molecule has 9 nitrogen and oxygen atoms in total. The van der Waals surface area contributed by atoms with Crippen LogP contribution in [0.1, 0.15) is 15.9 Å². The molecule has 0 aliphatic rings. The number of sulfonamides is 1. The van der Waals surface area contributed by atoms with E-state index in [-0.39, 0.29) is 21.0 Å². The highest BCUT2D eigenvalue weighted by molar-refractivity contribution is 7.99. The van der Waals surface area contributed by atoms with Gasteiger partial charge in [-0.2, -0.15) is 0 Å². The summed E-state index contributed by atoms with van der Waals surface area (Å²) in [5, 5.41) is 10.5. The van der Waals surface area contributed by atoms with Gasteiger partial charge in [-0.05, 0) is 83.4 Å². The van der Waals surface area contributed by atoms with Crippen molar-refractivity contribution < 1.29 is 21.6 Å². The Kier molecular flexibility index (Phi) is 12.6. The molecule has 5 aromatic carbocycles. The standard InChI is InChI=1S/C37H37ClN4O5S3/c1-49(44,45)36-25-33(19-20-35(36)41-23-24-48-32-8-3-2-4-9-32)50(46,47)42-37(43)28-13-17-31(18-14-28)40-22-21-39-26-29-7-5-6-10-34(29)27-11-15-30(38)16-12-27/h2-20,25,39-41H,21-24,26H2,1H3,(H,42,43). The normalized spacial score (nSPS) is 11.6. The lowest BCUT2D eigenvalue weighted by Crippen LogP contribution is -2.30. The van der Waals surface area contributed by atoms with Crippen molar-refractivity contribution in [3.8, 4) is 11.1 Å². The van der Waals surface area contributed by atoms with E-state index in [1.165, 1.54) is 24.3 Å². The minimum atomic E-state index is -4.37. The second-order valence-electron chi connectivity index (χ2n) is 11.3. The van der Waals surface area contributed by atoms with Gasteiger partial charge in [-0.1, -0.05) is 66.2 Å². The average molecular weight is 749 g/mol. The van der Waals surface area contributed by atoms with Crippen LogP contribution in [0.15, 0.2) is 136 Å². The lowest BCUT2D eigenvalue weighted by atomic mass is 10.00. The first-order chi connectivity index (χ1) is 24.0. The number of hydrogen-bond acceptors (Lipinski definition) is 9. The predicted molar refractivity (Wildman–Crippen MR) is 203 cm³/mol. The largest absolute Gasteiger partial charge is 0.384 e. The average Bonchev–Trinajstić information content (AvgIpc) is 3.10. The first-order valence-electron chi connectivity index (χ1n) is 15.7. The first-order valence-corrected chi connectivity index (χ1v) is 20.4. The lowest BCUT2D eigenvalue weighted by Gasteiger charge is -2.14. The van der Waals surface area contributed by atoms with Gasteiger partial charge in [0.15, 0.2) is 9.84 Å². The van der Waals surface area contributed by atoms with Gasteiger partial charge in [0, 0.05) is 59.4 Å². The van der Waals surface area contributed by atoms with Crippen LogP contribution in [0.3, 0.4) is 0 Å². The summed E-state index contributed by atoms with van der Waals surface area (Å²) in [6, 6.07) is 35.9. The van der Waals surface area contributed by atoms with Crippen molar-refractivity contribution in [1.29, 1.82) is 0 Å². The van der Waals surface area contributed by atoms with Crippen LogP contribution in [0.4, 0.5) is 11.4 Å². The molecule has 50 heavy (non-hydrogen) atoms. The minimum Gasteiger partial charge on any atom is -0.384 e. The molecule has 0 bridgehead atoms. The molecule has 0 unspecified atom stereocenters. The van der Waals surface area contributed by atoms with Crippen molar-refractivity contribution in [2.24, 2.45) is 0 Å². The van der Waals surface area contributed by atoms with Gasteiger partial charge >= 0.3 is 0 Å². The first kappa shape index (κ1) is 36.9. The molecular formula is C37H37ClN4O5S3. The number of hydrogen-bond donors (Lipinski definition) is 4. The topological polar surface area (TPSA) is 133 Å². The van der Waals surface area contributed by atoms with Crippen LogP contribution < -0.4 is 20.7 Å². The number of nitrogens with one attached hydrogen (secondary N) is 4. The van der Waals surface area contributed by atoms with E-state index in [4.69, 9.17) is 11.6 Å². The molecule has 260 valence electrons. The van der Waals surface area contributed by atoms with E-state index in [0.717, 1.165) is 39.6 Å². The summed E-state index contributed by atoms with van der Waals surface area (Å²) >= 11 is 7.65. The number of halogens is 1. The van der Waals surface area contributed by atoms with Gasteiger partial charge in [0.1, 0.15) is 0 Å². The van der Waals surface area contributed by atoms with Crippen molar-refractivity contribution in [3.63, 3.8) is 0 Å². The third kappa shape index (κ3) is 10.3. The predicted octanol–water partition coefficient (Wildman–Crippen LogP) is 6.94. The maximum Gasteiger partial charge on any atom is 0.264 e. The molecule has 5 rings (SSSR count). The Morgan fingerprint density at radius 1 is 0.740 bits per heavy atom. The van der Waals surface area contributed by atoms with Gasteiger partial charge in [0.2, 0.25) is 0 Å². The second kappa shape index (κ2) is 17.1. The number of amides is 1. The van der Waals surface area contributed by atoms with Gasteiger partial charge < -0.3 is 16.0 Å². The van der Waals surface area contributed by atoms with Crippen LogP contribution in [0.5, 0.6) is 0 Å². The Balaban J connectivity index is 1.12. The molecule has 4 N–H and O–H groups in total. The van der Waals surface area contributed by atoms with E-state index in [0.29, 0.717) is 37.0 Å². The highest BCUT2D eigenvalue weighted by atomic mass is 35.5. The molecule has 0 saturated carbocycles. The van der Waals surface area contributed by atoms with Gasteiger partial charge in [0.05, 0.1) is 15.5 Å². The minimum absolute atomic E-state index is 0.133. The van der Waals surface area contributed by atoms with Crippen molar-refractivity contribution in [1.82, 2.24) is 10.0 Å². The number of carbonyl (C=O) groups excluding carboxylic acids is 1. The number of thioether (sulfide) groups is 1. The summed E-state index contributed by atoms with van der Waals surface area (Å²) in [5.41, 5.74) is 4.57. The van der Waals surface area contributed by atoms with Gasteiger partial charge in [-0.3, -0.25) is 4.79 Å². The monoisotopic (exact) mass is 748 g/mol. The summed E-state index contributed by atoms with van der Waals surface area (Å²) in [6.07, 6.45) is 1.01. The van der Waals surface area contributed by atoms with E-state index in [2.05, 4.69) is 28.1 Å². The molecule has 5 aromatic rings. The number of carbonyl (C=O) groups is 1. The number of sulfone groups is 1. The maximum atomic E-state index is 13.1. The summed E-state index contributed by atoms with van der Waals surface area (Å²) in [4.78, 5) is 13.5. The highest BCUT2D eigenvalue weighted by Crippen LogP contribution is 2.27. The fourth-order valence-corrected chi connectivity index (χ4v) is 7.95. The summed E-state index contributed by atoms with van der Waals surface area (Å²) in [5.74, 6) is -0.173. The van der Waals surface area contributed by atoms with Crippen LogP contribution >= 0.6 is 23.4 Å². The molecule has 0 radical (unpaired) electrons. The molecule has 0 aromatic heterocycles. The Morgan fingerprint density at radius 3 is 2.16 bits per heavy atom. The van der Waals surface area contributed by atoms with Crippen LogP contribution in [0.2, 0.25) is 5.02 Å². The Bertz CT molecular complexity index is 2130. The molecule has 13 heteroatoms. The van der Waals surface area contributed by atoms with Crippen LogP contribution in [0.25, 0.3) is 11.1 Å². The fourth-order valence-electron chi connectivity index (χ4n) is 5.08. The molecule has 1 amide bonds. The van der Waals surface area contributed by atoms with Gasteiger partial charge in [-0.15, -0.1) is 11.8 Å². The van der Waals surface area contributed by atoms with Gasteiger partial charge in [-0.25, -0.2) is 21.6 Å². The second-order valence-corrected chi connectivity index (χ2v) is 16.6. The van der Waals surface area contributed by atoms with Crippen LogP contribution in [-0.4, -0.2) is 54.4 Å².